The van der Waals surface area contributed by atoms with E-state index in [0.717, 1.165) is 18.5 Å². The van der Waals surface area contributed by atoms with Gasteiger partial charge in [0.25, 0.3) is 0 Å². The van der Waals surface area contributed by atoms with E-state index in [1.807, 2.05) is 6.07 Å². The van der Waals surface area contributed by atoms with Crippen LogP contribution >= 0.6 is 0 Å². The van der Waals surface area contributed by atoms with Crippen LogP contribution in [0, 0.1) is 0 Å². The van der Waals surface area contributed by atoms with Crippen LogP contribution in [0.15, 0.2) is 6.07 Å². The molecule has 6 heteroatoms. The molecule has 0 saturated heterocycles. The average molecular weight is 252 g/mol. The molecule has 1 aromatic rings. The molecule has 100 valence electrons. The Morgan fingerprint density at radius 2 is 2.28 bits per heavy atom. The SMILES string of the molecule is COc1cc(CNC(=O)NC2CCCC2)nn1C. The first kappa shape index (κ1) is 12.7. The number of aromatic nitrogens is 2. The third kappa shape index (κ3) is 3.15. The summed E-state index contributed by atoms with van der Waals surface area (Å²) in [7, 11) is 3.40. The summed E-state index contributed by atoms with van der Waals surface area (Å²) in [5.74, 6) is 0.683. The fourth-order valence-corrected chi connectivity index (χ4v) is 2.26. The lowest BCUT2D eigenvalue weighted by Crippen LogP contribution is -2.40. The highest BCUT2D eigenvalue weighted by Crippen LogP contribution is 2.17. The zero-order chi connectivity index (χ0) is 13.0. The number of nitrogens with one attached hydrogen (secondary N) is 2. The largest absolute Gasteiger partial charge is 0.481 e. The minimum absolute atomic E-state index is 0.119. The van der Waals surface area contributed by atoms with Gasteiger partial charge in [0.05, 0.1) is 19.3 Å². The molecule has 2 N–H and O–H groups in total. The van der Waals surface area contributed by atoms with Gasteiger partial charge in [0.1, 0.15) is 0 Å². The molecule has 18 heavy (non-hydrogen) atoms. The average Bonchev–Trinajstić information content (AvgIpc) is 2.96. The molecule has 0 bridgehead atoms. The molecule has 0 unspecified atom stereocenters. The highest BCUT2D eigenvalue weighted by atomic mass is 16.5. The Morgan fingerprint density at radius 1 is 1.56 bits per heavy atom. The van der Waals surface area contributed by atoms with Gasteiger partial charge >= 0.3 is 6.03 Å². The van der Waals surface area contributed by atoms with E-state index in [1.165, 1.54) is 12.8 Å². The first-order valence-corrected chi connectivity index (χ1v) is 6.30. The minimum Gasteiger partial charge on any atom is -0.481 e. The zero-order valence-corrected chi connectivity index (χ0v) is 10.9. The molecule has 1 aliphatic rings. The molecular weight excluding hydrogens is 232 g/mol. The van der Waals surface area contributed by atoms with Gasteiger partial charge in [-0.2, -0.15) is 5.10 Å². The zero-order valence-electron chi connectivity index (χ0n) is 10.9. The number of aryl methyl sites for hydroxylation is 1. The number of ether oxygens (including phenoxy) is 1. The lowest BCUT2D eigenvalue weighted by Gasteiger charge is -2.12. The third-order valence-corrected chi connectivity index (χ3v) is 3.22. The van der Waals surface area contributed by atoms with Crippen molar-refractivity contribution in [3.63, 3.8) is 0 Å². The normalized spacial score (nSPS) is 15.7. The van der Waals surface area contributed by atoms with Crippen LogP contribution in [-0.4, -0.2) is 29.0 Å². The summed E-state index contributed by atoms with van der Waals surface area (Å²) in [6.07, 6.45) is 4.60. The summed E-state index contributed by atoms with van der Waals surface area (Å²) in [4.78, 5) is 11.6. The maximum absolute atomic E-state index is 11.6. The quantitative estimate of drug-likeness (QED) is 0.845. The van der Waals surface area contributed by atoms with Gasteiger partial charge in [-0.15, -0.1) is 0 Å². The summed E-state index contributed by atoms with van der Waals surface area (Å²) in [6, 6.07) is 2.03. The smallest absolute Gasteiger partial charge is 0.315 e. The predicted octanol–water partition coefficient (Wildman–Crippen LogP) is 1.17. The Kier molecular flexibility index (Phi) is 4.07. The van der Waals surface area contributed by atoms with Crippen molar-refractivity contribution in [1.82, 2.24) is 20.4 Å². The van der Waals surface area contributed by atoms with Crippen LogP contribution in [-0.2, 0) is 13.6 Å². The number of carbonyl (C=O) groups is 1. The first-order valence-electron chi connectivity index (χ1n) is 6.30. The van der Waals surface area contributed by atoms with Crippen molar-refractivity contribution in [2.75, 3.05) is 7.11 Å². The molecule has 6 nitrogen and oxygen atoms in total. The van der Waals surface area contributed by atoms with Crippen LogP contribution in [0.5, 0.6) is 5.88 Å². The molecule has 1 fully saturated rings. The van der Waals surface area contributed by atoms with Crippen molar-refractivity contribution >= 4 is 6.03 Å². The van der Waals surface area contributed by atoms with E-state index in [2.05, 4.69) is 15.7 Å². The number of hydrogen-bond donors (Lipinski definition) is 2. The van der Waals surface area contributed by atoms with E-state index in [4.69, 9.17) is 4.74 Å². The van der Waals surface area contributed by atoms with Crippen molar-refractivity contribution in [2.45, 2.75) is 38.3 Å². The molecule has 0 radical (unpaired) electrons. The van der Waals surface area contributed by atoms with Crippen LogP contribution in [0.2, 0.25) is 0 Å². The molecule has 1 saturated carbocycles. The molecule has 2 rings (SSSR count). The lowest BCUT2D eigenvalue weighted by molar-refractivity contribution is 0.236. The maximum Gasteiger partial charge on any atom is 0.315 e. The molecular formula is C12H20N4O2. The molecule has 0 atom stereocenters. The van der Waals surface area contributed by atoms with Crippen LogP contribution in [0.1, 0.15) is 31.4 Å². The minimum atomic E-state index is -0.119. The molecule has 1 aromatic heterocycles. The van der Waals surface area contributed by atoms with Crippen molar-refractivity contribution < 1.29 is 9.53 Å². The summed E-state index contributed by atoms with van der Waals surface area (Å²) < 4.78 is 6.76. The summed E-state index contributed by atoms with van der Waals surface area (Å²) >= 11 is 0. The van der Waals surface area contributed by atoms with Gasteiger partial charge in [0.15, 0.2) is 0 Å². The number of amides is 2. The highest BCUT2D eigenvalue weighted by molar-refractivity contribution is 5.74. The van der Waals surface area contributed by atoms with Gasteiger partial charge in [0.2, 0.25) is 5.88 Å². The van der Waals surface area contributed by atoms with E-state index < -0.39 is 0 Å². The Bertz CT molecular complexity index is 410. The van der Waals surface area contributed by atoms with E-state index in [1.54, 1.807) is 18.8 Å². The fourth-order valence-electron chi connectivity index (χ4n) is 2.26. The Balaban J connectivity index is 1.77. The van der Waals surface area contributed by atoms with Gasteiger partial charge in [-0.25, -0.2) is 9.48 Å². The van der Waals surface area contributed by atoms with Crippen molar-refractivity contribution in [3.8, 4) is 5.88 Å². The van der Waals surface area contributed by atoms with Crippen molar-refractivity contribution in [3.05, 3.63) is 11.8 Å². The first-order chi connectivity index (χ1) is 8.69. The third-order valence-electron chi connectivity index (χ3n) is 3.22. The summed E-state index contributed by atoms with van der Waals surface area (Å²) in [6.45, 7) is 0.412. The molecule has 1 aliphatic carbocycles. The molecule has 0 spiro atoms. The highest BCUT2D eigenvalue weighted by Gasteiger charge is 2.16. The van der Waals surface area contributed by atoms with Crippen LogP contribution < -0.4 is 15.4 Å². The van der Waals surface area contributed by atoms with Gasteiger partial charge in [-0.05, 0) is 12.8 Å². The fraction of sp³-hybridized carbons (Fsp3) is 0.667. The summed E-state index contributed by atoms with van der Waals surface area (Å²) in [5.41, 5.74) is 0.788. The molecule has 0 aliphatic heterocycles. The standard InChI is InChI=1S/C12H20N4O2/c1-16-11(18-2)7-10(15-16)8-13-12(17)14-9-5-3-4-6-9/h7,9H,3-6,8H2,1-2H3,(H2,13,14,17). The maximum atomic E-state index is 11.6. The van der Waals surface area contributed by atoms with Crippen LogP contribution in [0.3, 0.4) is 0 Å². The predicted molar refractivity (Wildman–Crippen MR) is 67.4 cm³/mol. The van der Waals surface area contributed by atoms with E-state index in [-0.39, 0.29) is 6.03 Å². The second-order valence-electron chi connectivity index (χ2n) is 4.61. The van der Waals surface area contributed by atoms with Crippen molar-refractivity contribution in [1.29, 1.82) is 0 Å². The van der Waals surface area contributed by atoms with Gasteiger partial charge < -0.3 is 15.4 Å². The molecule has 0 aromatic carbocycles. The monoisotopic (exact) mass is 252 g/mol. The van der Waals surface area contributed by atoms with Gasteiger partial charge in [0, 0.05) is 19.2 Å². The molecule has 1 heterocycles. The number of urea groups is 1. The van der Waals surface area contributed by atoms with Crippen LogP contribution in [0.4, 0.5) is 4.79 Å². The van der Waals surface area contributed by atoms with Crippen molar-refractivity contribution in [2.24, 2.45) is 7.05 Å². The number of hydrogen-bond acceptors (Lipinski definition) is 3. The number of methoxy groups -OCH3 is 1. The number of nitrogens with zero attached hydrogens (tertiary/aromatic N) is 2. The second-order valence-corrected chi connectivity index (χ2v) is 4.61. The van der Waals surface area contributed by atoms with E-state index in [0.29, 0.717) is 18.5 Å². The molecule has 2 amide bonds. The Hall–Kier alpha value is -1.72. The Morgan fingerprint density at radius 3 is 2.89 bits per heavy atom. The van der Waals surface area contributed by atoms with Crippen LogP contribution in [0.25, 0.3) is 0 Å². The Labute approximate surface area is 107 Å². The number of rotatable bonds is 4. The topological polar surface area (TPSA) is 68.2 Å². The van der Waals surface area contributed by atoms with E-state index in [9.17, 15) is 4.79 Å². The second kappa shape index (κ2) is 5.75. The van der Waals surface area contributed by atoms with E-state index >= 15 is 0 Å². The lowest BCUT2D eigenvalue weighted by atomic mass is 10.2. The number of carbonyl (C=O) groups excluding carboxylic acids is 1. The summed E-state index contributed by atoms with van der Waals surface area (Å²) in [5, 5.41) is 10.0. The van der Waals surface area contributed by atoms with Gasteiger partial charge in [-0.1, -0.05) is 12.8 Å². The van der Waals surface area contributed by atoms with Gasteiger partial charge in [-0.3, -0.25) is 0 Å².